The van der Waals surface area contributed by atoms with Gasteiger partial charge in [-0.2, -0.15) is 0 Å². The second-order valence-electron chi connectivity index (χ2n) is 4.97. The van der Waals surface area contributed by atoms with E-state index in [1.807, 2.05) is 0 Å². The van der Waals surface area contributed by atoms with Crippen LogP contribution in [0, 0.1) is 6.92 Å². The van der Waals surface area contributed by atoms with Crippen LogP contribution in [0.1, 0.15) is 11.1 Å². The highest BCUT2D eigenvalue weighted by atomic mass is 32.2. The van der Waals surface area contributed by atoms with E-state index in [1.54, 1.807) is 13.0 Å². The van der Waals surface area contributed by atoms with Crippen LogP contribution in [0.4, 0.5) is 5.69 Å². The number of sulfone groups is 1. The SMILES string of the molecule is Cc1cc(S(=O)(=O)Cc2ccc(S(N)(=O)=O)cc2)ccc1N. The summed E-state index contributed by atoms with van der Waals surface area (Å²) in [5.41, 5.74) is 7.36. The zero-order chi connectivity index (χ0) is 16.5. The van der Waals surface area contributed by atoms with Crippen LogP contribution in [0.3, 0.4) is 0 Å². The monoisotopic (exact) mass is 340 g/mol. The molecule has 22 heavy (non-hydrogen) atoms. The molecule has 8 heteroatoms. The van der Waals surface area contributed by atoms with E-state index in [0.717, 1.165) is 0 Å². The molecule has 0 amide bonds. The number of rotatable bonds is 4. The van der Waals surface area contributed by atoms with Crippen molar-refractivity contribution >= 4 is 25.5 Å². The average Bonchev–Trinajstić information content (AvgIpc) is 2.41. The first-order valence-corrected chi connectivity index (χ1v) is 9.50. The maximum atomic E-state index is 12.4. The number of anilines is 1. The summed E-state index contributed by atoms with van der Waals surface area (Å²) in [6.07, 6.45) is 0. The second kappa shape index (κ2) is 5.71. The lowest BCUT2D eigenvalue weighted by atomic mass is 10.2. The van der Waals surface area contributed by atoms with Crippen molar-refractivity contribution < 1.29 is 16.8 Å². The van der Waals surface area contributed by atoms with Crippen molar-refractivity contribution in [2.24, 2.45) is 5.14 Å². The lowest BCUT2D eigenvalue weighted by Gasteiger charge is -2.08. The topological polar surface area (TPSA) is 120 Å². The van der Waals surface area contributed by atoms with Gasteiger partial charge in [-0.25, -0.2) is 22.0 Å². The minimum Gasteiger partial charge on any atom is -0.399 e. The number of sulfonamides is 1. The van der Waals surface area contributed by atoms with Gasteiger partial charge in [0, 0.05) is 5.69 Å². The van der Waals surface area contributed by atoms with Gasteiger partial charge in [0.25, 0.3) is 0 Å². The molecule has 0 radical (unpaired) electrons. The molecule has 0 saturated carbocycles. The van der Waals surface area contributed by atoms with Gasteiger partial charge in [-0.15, -0.1) is 0 Å². The van der Waals surface area contributed by atoms with Crippen LogP contribution in [-0.2, 0) is 25.6 Å². The molecule has 2 aromatic carbocycles. The van der Waals surface area contributed by atoms with E-state index in [4.69, 9.17) is 10.9 Å². The summed E-state index contributed by atoms with van der Waals surface area (Å²) in [5.74, 6) is -0.235. The Morgan fingerprint density at radius 2 is 1.45 bits per heavy atom. The highest BCUT2D eigenvalue weighted by Crippen LogP contribution is 2.21. The fraction of sp³-hybridized carbons (Fsp3) is 0.143. The van der Waals surface area contributed by atoms with Crippen LogP contribution in [0.2, 0.25) is 0 Å². The quantitative estimate of drug-likeness (QED) is 0.810. The minimum atomic E-state index is -3.79. The molecular formula is C14H16N2O4S2. The molecule has 4 N–H and O–H groups in total. The maximum Gasteiger partial charge on any atom is 0.238 e. The molecule has 0 aliphatic heterocycles. The average molecular weight is 340 g/mol. The third kappa shape index (κ3) is 3.65. The van der Waals surface area contributed by atoms with Crippen LogP contribution in [0.25, 0.3) is 0 Å². The van der Waals surface area contributed by atoms with E-state index >= 15 is 0 Å². The third-order valence-corrected chi connectivity index (χ3v) is 5.82. The smallest absolute Gasteiger partial charge is 0.238 e. The Bertz CT molecular complexity index is 902. The van der Waals surface area contributed by atoms with E-state index in [2.05, 4.69) is 0 Å². The number of hydrogen-bond donors (Lipinski definition) is 2. The Morgan fingerprint density at radius 1 is 0.909 bits per heavy atom. The highest BCUT2D eigenvalue weighted by Gasteiger charge is 2.17. The fourth-order valence-corrected chi connectivity index (χ4v) is 3.86. The van der Waals surface area contributed by atoms with E-state index in [9.17, 15) is 16.8 Å². The summed E-state index contributed by atoms with van der Waals surface area (Å²) in [6, 6.07) is 9.96. The van der Waals surface area contributed by atoms with Gasteiger partial charge in [-0.3, -0.25) is 0 Å². The van der Waals surface area contributed by atoms with Crippen molar-refractivity contribution in [1.82, 2.24) is 0 Å². The standard InChI is InChI=1S/C14H16N2O4S2/c1-10-8-13(6-7-14(10)15)21(17,18)9-11-2-4-12(5-3-11)22(16,19)20/h2-8H,9,15H2,1H3,(H2,16,19,20). The molecule has 0 spiro atoms. The summed E-state index contributed by atoms with van der Waals surface area (Å²) >= 11 is 0. The molecule has 0 aliphatic carbocycles. The van der Waals surface area contributed by atoms with E-state index in [1.165, 1.54) is 36.4 Å². The van der Waals surface area contributed by atoms with Gasteiger partial charge in [0.15, 0.2) is 9.84 Å². The highest BCUT2D eigenvalue weighted by molar-refractivity contribution is 7.90. The molecule has 6 nitrogen and oxygen atoms in total. The van der Waals surface area contributed by atoms with Gasteiger partial charge < -0.3 is 5.73 Å². The Hall–Kier alpha value is -1.90. The molecule has 0 fully saturated rings. The second-order valence-corrected chi connectivity index (χ2v) is 8.52. The Morgan fingerprint density at radius 3 is 1.95 bits per heavy atom. The molecule has 2 rings (SSSR count). The van der Waals surface area contributed by atoms with Crippen LogP contribution in [0.15, 0.2) is 52.3 Å². The Kier molecular flexibility index (Phi) is 4.28. The molecule has 0 atom stereocenters. The maximum absolute atomic E-state index is 12.4. The molecule has 0 aromatic heterocycles. The number of nitrogen functional groups attached to an aromatic ring is 1. The van der Waals surface area contributed by atoms with Crippen molar-refractivity contribution in [1.29, 1.82) is 0 Å². The van der Waals surface area contributed by atoms with Gasteiger partial charge in [0.2, 0.25) is 10.0 Å². The molecule has 0 heterocycles. The summed E-state index contributed by atoms with van der Waals surface area (Å²) < 4.78 is 47.1. The van der Waals surface area contributed by atoms with Gasteiger partial charge in [-0.1, -0.05) is 12.1 Å². The number of hydrogen-bond acceptors (Lipinski definition) is 5. The lowest BCUT2D eigenvalue weighted by Crippen LogP contribution is -2.12. The number of aryl methyl sites for hydroxylation is 1. The van der Waals surface area contributed by atoms with E-state index in [0.29, 0.717) is 16.8 Å². The van der Waals surface area contributed by atoms with Crippen molar-refractivity contribution in [2.45, 2.75) is 22.5 Å². The van der Waals surface area contributed by atoms with Crippen molar-refractivity contribution in [3.8, 4) is 0 Å². The first-order valence-electron chi connectivity index (χ1n) is 6.30. The summed E-state index contributed by atoms with van der Waals surface area (Å²) in [5, 5.41) is 5.00. The van der Waals surface area contributed by atoms with Crippen molar-refractivity contribution in [2.75, 3.05) is 5.73 Å². The molecule has 2 aromatic rings. The van der Waals surface area contributed by atoms with Crippen LogP contribution < -0.4 is 10.9 Å². The summed E-state index contributed by atoms with van der Waals surface area (Å²) in [6.45, 7) is 1.73. The predicted molar refractivity (Wildman–Crippen MR) is 84.3 cm³/mol. The number of primary sulfonamides is 1. The Labute approximate surface area is 129 Å². The summed E-state index contributed by atoms with van der Waals surface area (Å²) in [7, 11) is -7.33. The summed E-state index contributed by atoms with van der Waals surface area (Å²) in [4.78, 5) is 0.117. The number of benzene rings is 2. The lowest BCUT2D eigenvalue weighted by molar-refractivity contribution is 0.595. The normalized spacial score (nSPS) is 12.3. The zero-order valence-corrected chi connectivity index (χ0v) is 13.5. The van der Waals surface area contributed by atoms with Gasteiger partial charge in [-0.05, 0) is 48.4 Å². The third-order valence-electron chi connectivity index (χ3n) is 3.21. The zero-order valence-electron chi connectivity index (χ0n) is 11.9. The van der Waals surface area contributed by atoms with Gasteiger partial charge >= 0.3 is 0 Å². The molecule has 0 aliphatic rings. The van der Waals surface area contributed by atoms with Crippen LogP contribution in [-0.4, -0.2) is 16.8 Å². The van der Waals surface area contributed by atoms with Crippen molar-refractivity contribution in [3.05, 3.63) is 53.6 Å². The van der Waals surface area contributed by atoms with Gasteiger partial charge in [0.1, 0.15) is 0 Å². The van der Waals surface area contributed by atoms with Crippen molar-refractivity contribution in [3.63, 3.8) is 0 Å². The van der Waals surface area contributed by atoms with Crippen LogP contribution >= 0.6 is 0 Å². The largest absolute Gasteiger partial charge is 0.399 e. The Balaban J connectivity index is 2.30. The van der Waals surface area contributed by atoms with Crippen LogP contribution in [0.5, 0.6) is 0 Å². The van der Waals surface area contributed by atoms with Gasteiger partial charge in [0.05, 0.1) is 15.5 Å². The molecule has 0 saturated heterocycles. The van der Waals surface area contributed by atoms with E-state index in [-0.39, 0.29) is 15.5 Å². The number of nitrogens with two attached hydrogens (primary N) is 2. The fourth-order valence-electron chi connectivity index (χ4n) is 1.92. The molecule has 0 unspecified atom stereocenters. The predicted octanol–water partition coefficient (Wildman–Crippen LogP) is 1.20. The molecule has 0 bridgehead atoms. The first-order chi connectivity index (χ1) is 10.1. The minimum absolute atomic E-state index is 0.0584. The van der Waals surface area contributed by atoms with E-state index < -0.39 is 19.9 Å². The molecular weight excluding hydrogens is 324 g/mol. The molecule has 118 valence electrons. The first kappa shape index (κ1) is 16.5.